The van der Waals surface area contributed by atoms with Crippen molar-refractivity contribution in [1.29, 1.82) is 5.41 Å². The number of carbonyl (C=O) groups is 2. The number of nitrogens with one attached hydrogen (secondary N) is 3. The average molecular weight is 579 g/mol. The summed E-state index contributed by atoms with van der Waals surface area (Å²) in [4.78, 5) is 24.6. The van der Waals surface area contributed by atoms with Gasteiger partial charge in [-0.05, 0) is 51.1 Å². The van der Waals surface area contributed by atoms with Crippen molar-refractivity contribution in [2.45, 2.75) is 30.6 Å². The highest BCUT2D eigenvalue weighted by Gasteiger charge is 2.28. The van der Waals surface area contributed by atoms with Gasteiger partial charge in [0.05, 0.1) is 19.8 Å². The highest BCUT2D eigenvalue weighted by molar-refractivity contribution is 6.67. The summed E-state index contributed by atoms with van der Waals surface area (Å²) in [5, 5.41) is 13.2. The third kappa shape index (κ3) is 9.46. The molecule has 0 aliphatic rings. The Bertz CT molecular complexity index is 1100. The lowest BCUT2D eigenvalue weighted by Crippen LogP contribution is -2.33. The lowest BCUT2D eigenvalue weighted by atomic mass is 10.0. The van der Waals surface area contributed by atoms with E-state index in [1.54, 1.807) is 20.8 Å². The number of alkyl halides is 3. The Hall–Kier alpha value is -2.95. The molecule has 0 aromatic heterocycles. The van der Waals surface area contributed by atoms with E-state index in [2.05, 4.69) is 10.6 Å². The summed E-state index contributed by atoms with van der Waals surface area (Å²) < 4.78 is 34.4. The largest absolute Gasteiger partial charge is 0.494 e. The molecule has 1 unspecified atom stereocenters. The van der Waals surface area contributed by atoms with Crippen LogP contribution in [0.15, 0.2) is 36.4 Å². The van der Waals surface area contributed by atoms with Gasteiger partial charge in [0.15, 0.2) is 17.6 Å². The summed E-state index contributed by atoms with van der Waals surface area (Å²) in [5.41, 5.74) is 0.697. The van der Waals surface area contributed by atoms with Gasteiger partial charge in [-0.2, -0.15) is 0 Å². The van der Waals surface area contributed by atoms with Crippen LogP contribution in [0.4, 0.5) is 14.9 Å². The van der Waals surface area contributed by atoms with Crippen molar-refractivity contribution in [3.63, 3.8) is 0 Å². The van der Waals surface area contributed by atoms with Crippen LogP contribution in [0.5, 0.6) is 11.5 Å². The fourth-order valence-corrected chi connectivity index (χ4v) is 3.22. The number of carbonyl (C=O) groups excluding carboxylic acids is 2. The molecule has 3 N–H and O–H groups in total. The van der Waals surface area contributed by atoms with E-state index >= 15 is 4.39 Å². The molecule has 0 heterocycles. The second-order valence-electron chi connectivity index (χ2n) is 7.29. The lowest BCUT2D eigenvalue weighted by Gasteiger charge is -2.21. The van der Waals surface area contributed by atoms with E-state index in [4.69, 9.17) is 59.2 Å². The van der Waals surface area contributed by atoms with Crippen molar-refractivity contribution in [2.75, 3.05) is 31.7 Å². The maximum Gasteiger partial charge on any atom is 0.412 e. The van der Waals surface area contributed by atoms with Crippen LogP contribution in [-0.4, -0.2) is 48.1 Å². The quantitative estimate of drug-likeness (QED) is 0.134. The molecule has 1 atom stereocenters. The van der Waals surface area contributed by atoms with Crippen molar-refractivity contribution in [1.82, 2.24) is 5.32 Å². The van der Waals surface area contributed by atoms with Crippen LogP contribution in [0.3, 0.4) is 0 Å². The number of amides is 1. The molecule has 0 saturated heterocycles. The number of ether oxygens (including phenoxy) is 4. The standard InChI is InChI=1S/C24H27Cl3FN3O6/c1-4-34-16-11-17(19(28)18(12-16)35-5-2)20(22(32)36-6-3)30-15-9-7-14(8-10-15)21(29)31-23(33)37-13-24(25,26)27/h7-12,20,30H,4-6,13H2,1-3H3,(H2,29,31,33). The van der Waals surface area contributed by atoms with Gasteiger partial charge >= 0.3 is 12.1 Å². The maximum absolute atomic E-state index is 15.3. The topological polar surface area (TPSA) is 119 Å². The van der Waals surface area contributed by atoms with Crippen molar-refractivity contribution >= 4 is 58.4 Å². The van der Waals surface area contributed by atoms with Crippen molar-refractivity contribution in [3.8, 4) is 11.5 Å². The Morgan fingerprint density at radius 2 is 1.65 bits per heavy atom. The van der Waals surface area contributed by atoms with Gasteiger partial charge in [-0.25, -0.2) is 14.0 Å². The normalized spacial score (nSPS) is 11.8. The average Bonchev–Trinajstić information content (AvgIpc) is 2.83. The van der Waals surface area contributed by atoms with E-state index in [0.29, 0.717) is 23.6 Å². The molecule has 9 nitrogen and oxygen atoms in total. The van der Waals surface area contributed by atoms with E-state index in [0.717, 1.165) is 0 Å². The molecule has 202 valence electrons. The molecule has 0 fully saturated rings. The second-order valence-corrected chi connectivity index (χ2v) is 9.80. The van der Waals surface area contributed by atoms with E-state index in [1.807, 2.05) is 0 Å². The lowest BCUT2D eigenvalue weighted by molar-refractivity contribution is -0.144. The van der Waals surface area contributed by atoms with Crippen LogP contribution < -0.4 is 20.1 Å². The molecular weight excluding hydrogens is 552 g/mol. The molecule has 0 aliphatic carbocycles. The molecule has 37 heavy (non-hydrogen) atoms. The zero-order chi connectivity index (χ0) is 27.6. The van der Waals surface area contributed by atoms with Gasteiger partial charge in [-0.3, -0.25) is 10.7 Å². The fourth-order valence-electron chi connectivity index (χ4n) is 3.06. The van der Waals surface area contributed by atoms with Crippen LogP contribution in [0.1, 0.15) is 37.9 Å². The number of amidine groups is 1. The van der Waals surface area contributed by atoms with Crippen molar-refractivity contribution in [2.24, 2.45) is 0 Å². The van der Waals surface area contributed by atoms with Crippen LogP contribution in [0, 0.1) is 11.2 Å². The summed E-state index contributed by atoms with van der Waals surface area (Å²) in [6.07, 6.45) is -0.976. The van der Waals surface area contributed by atoms with Crippen molar-refractivity contribution < 1.29 is 32.9 Å². The third-order valence-corrected chi connectivity index (χ3v) is 4.89. The second kappa shape index (κ2) is 14.1. The number of anilines is 1. The Morgan fingerprint density at radius 1 is 1.00 bits per heavy atom. The molecule has 0 bridgehead atoms. The van der Waals surface area contributed by atoms with Crippen LogP contribution in [-0.2, 0) is 14.3 Å². The number of alkyl carbamates (subject to hydrolysis) is 1. The molecule has 2 aromatic carbocycles. The van der Waals surface area contributed by atoms with Gasteiger partial charge in [-0.1, -0.05) is 34.8 Å². The number of rotatable bonds is 11. The molecule has 0 spiro atoms. The molecule has 13 heteroatoms. The molecule has 0 radical (unpaired) electrons. The summed E-state index contributed by atoms with van der Waals surface area (Å²) in [7, 11) is 0. The van der Waals surface area contributed by atoms with E-state index in [9.17, 15) is 9.59 Å². The predicted molar refractivity (Wildman–Crippen MR) is 140 cm³/mol. The number of esters is 1. The minimum absolute atomic E-state index is 0.0250. The van der Waals surface area contributed by atoms with E-state index < -0.39 is 34.3 Å². The van der Waals surface area contributed by atoms with Gasteiger partial charge in [-0.15, -0.1) is 0 Å². The fraction of sp³-hybridized carbons (Fsp3) is 0.375. The number of halogens is 4. The van der Waals surface area contributed by atoms with Gasteiger partial charge < -0.3 is 24.3 Å². The predicted octanol–water partition coefficient (Wildman–Crippen LogP) is 5.76. The minimum atomic E-state index is -1.78. The Kier molecular flexibility index (Phi) is 11.5. The molecule has 1 amide bonds. The zero-order valence-electron chi connectivity index (χ0n) is 20.3. The molecule has 0 saturated carbocycles. The summed E-state index contributed by atoms with van der Waals surface area (Å²) in [6, 6.07) is 7.67. The number of hydrogen-bond donors (Lipinski definition) is 3. The Balaban J connectivity index is 2.27. The minimum Gasteiger partial charge on any atom is -0.494 e. The molecule has 0 aliphatic heterocycles. The van der Waals surface area contributed by atoms with Crippen LogP contribution in [0.25, 0.3) is 0 Å². The highest BCUT2D eigenvalue weighted by atomic mass is 35.6. The Labute approximate surface area is 229 Å². The van der Waals surface area contributed by atoms with Crippen molar-refractivity contribution in [3.05, 3.63) is 53.3 Å². The van der Waals surface area contributed by atoms with Gasteiger partial charge in [0.25, 0.3) is 0 Å². The van der Waals surface area contributed by atoms with Gasteiger partial charge in [0, 0.05) is 22.9 Å². The van der Waals surface area contributed by atoms with Crippen LogP contribution >= 0.6 is 34.8 Å². The first-order chi connectivity index (χ1) is 17.5. The summed E-state index contributed by atoms with van der Waals surface area (Å²) >= 11 is 16.6. The first-order valence-corrected chi connectivity index (χ1v) is 12.3. The monoisotopic (exact) mass is 577 g/mol. The summed E-state index contributed by atoms with van der Waals surface area (Å²) in [5.74, 6) is -1.45. The molecule has 2 aromatic rings. The number of benzene rings is 2. The van der Waals surface area contributed by atoms with Crippen LogP contribution in [0.2, 0.25) is 0 Å². The molecule has 2 rings (SSSR count). The number of hydrogen-bond acceptors (Lipinski definition) is 8. The SMILES string of the molecule is CCOC(=O)C(Nc1ccc(C(=N)NC(=O)OCC(Cl)(Cl)Cl)cc1)c1cc(OCC)cc(OCC)c1F. The Morgan fingerprint density at radius 3 is 2.22 bits per heavy atom. The summed E-state index contributed by atoms with van der Waals surface area (Å²) in [6.45, 7) is 5.25. The zero-order valence-corrected chi connectivity index (χ0v) is 22.6. The maximum atomic E-state index is 15.3. The first-order valence-electron chi connectivity index (χ1n) is 11.2. The third-order valence-electron chi connectivity index (χ3n) is 4.56. The van der Waals surface area contributed by atoms with Gasteiger partial charge in [0.2, 0.25) is 3.79 Å². The van der Waals surface area contributed by atoms with E-state index in [-0.39, 0.29) is 30.4 Å². The first kappa shape index (κ1) is 30.3. The van der Waals surface area contributed by atoms with Gasteiger partial charge in [0.1, 0.15) is 18.2 Å². The highest BCUT2D eigenvalue weighted by Crippen LogP contribution is 2.34. The molecular formula is C24H27Cl3FN3O6. The smallest absolute Gasteiger partial charge is 0.412 e. The van der Waals surface area contributed by atoms with E-state index in [1.165, 1.54) is 36.4 Å².